The summed E-state index contributed by atoms with van der Waals surface area (Å²) in [6.07, 6.45) is 7.93. The predicted molar refractivity (Wildman–Crippen MR) is 47.5 cm³/mol. The van der Waals surface area contributed by atoms with Crippen LogP contribution in [0.2, 0.25) is 0 Å². The second-order valence-electron chi connectivity index (χ2n) is 2.99. The summed E-state index contributed by atoms with van der Waals surface area (Å²) in [4.78, 5) is 0. The Labute approximate surface area is 68.8 Å². The lowest BCUT2D eigenvalue weighted by atomic mass is 10.1. The van der Waals surface area contributed by atoms with Gasteiger partial charge >= 0.3 is 0 Å². The molecular formula is C10H16O. The van der Waals surface area contributed by atoms with E-state index in [1.54, 1.807) is 6.08 Å². The van der Waals surface area contributed by atoms with Crippen molar-refractivity contribution < 1.29 is 4.74 Å². The molecule has 1 heteroatoms. The topological polar surface area (TPSA) is 9.23 Å². The molecule has 1 rings (SSSR count). The molecule has 2 atom stereocenters. The number of rotatable bonds is 4. The highest BCUT2D eigenvalue weighted by Crippen LogP contribution is 2.28. The molecule has 1 aliphatic rings. The maximum absolute atomic E-state index is 5.57. The van der Waals surface area contributed by atoms with E-state index in [-0.39, 0.29) is 0 Å². The molecule has 0 bridgehead atoms. The Balaban J connectivity index is 2.30. The maximum Gasteiger partial charge on any atom is 0.0648 e. The highest BCUT2D eigenvalue weighted by molar-refractivity contribution is 4.90. The predicted octanol–water partition coefficient (Wildman–Crippen LogP) is 2.54. The summed E-state index contributed by atoms with van der Waals surface area (Å²) in [6.45, 7) is 8.09. The van der Waals surface area contributed by atoms with E-state index in [2.05, 4.69) is 13.2 Å². The van der Waals surface area contributed by atoms with Gasteiger partial charge in [-0.25, -0.2) is 0 Å². The van der Waals surface area contributed by atoms with Gasteiger partial charge in [-0.15, -0.1) is 13.2 Å². The molecule has 1 saturated carbocycles. The molecule has 0 saturated heterocycles. The molecule has 0 amide bonds. The first kappa shape index (κ1) is 8.54. The van der Waals surface area contributed by atoms with Crippen molar-refractivity contribution in [1.29, 1.82) is 0 Å². The summed E-state index contributed by atoms with van der Waals surface area (Å²) in [6, 6.07) is 0. The van der Waals surface area contributed by atoms with E-state index in [1.165, 1.54) is 19.3 Å². The second kappa shape index (κ2) is 4.35. The van der Waals surface area contributed by atoms with E-state index in [1.807, 2.05) is 6.08 Å². The maximum atomic E-state index is 5.57. The smallest absolute Gasteiger partial charge is 0.0648 e. The van der Waals surface area contributed by atoms with Crippen LogP contribution in [-0.4, -0.2) is 12.7 Å². The highest BCUT2D eigenvalue weighted by Gasteiger charge is 2.24. The van der Waals surface area contributed by atoms with Gasteiger partial charge in [0.2, 0.25) is 0 Å². The summed E-state index contributed by atoms with van der Waals surface area (Å²) < 4.78 is 5.57. The Kier molecular flexibility index (Phi) is 3.37. The van der Waals surface area contributed by atoms with Crippen molar-refractivity contribution in [2.24, 2.45) is 5.92 Å². The second-order valence-corrected chi connectivity index (χ2v) is 2.99. The monoisotopic (exact) mass is 152 g/mol. The van der Waals surface area contributed by atoms with Crippen LogP contribution in [0.4, 0.5) is 0 Å². The summed E-state index contributed by atoms with van der Waals surface area (Å²) in [7, 11) is 0. The van der Waals surface area contributed by atoms with Crippen molar-refractivity contribution >= 4 is 0 Å². The van der Waals surface area contributed by atoms with E-state index in [0.29, 0.717) is 18.6 Å². The van der Waals surface area contributed by atoms with Crippen LogP contribution >= 0.6 is 0 Å². The van der Waals surface area contributed by atoms with Gasteiger partial charge in [-0.3, -0.25) is 0 Å². The van der Waals surface area contributed by atoms with Crippen molar-refractivity contribution in [2.45, 2.75) is 25.4 Å². The summed E-state index contributed by atoms with van der Waals surface area (Å²) in [5.74, 6) is 0.579. The van der Waals surface area contributed by atoms with Crippen LogP contribution in [0.1, 0.15) is 19.3 Å². The zero-order valence-electron chi connectivity index (χ0n) is 6.96. The Morgan fingerprint density at radius 3 is 2.82 bits per heavy atom. The van der Waals surface area contributed by atoms with E-state index >= 15 is 0 Å². The van der Waals surface area contributed by atoms with Gasteiger partial charge in [0, 0.05) is 5.92 Å². The van der Waals surface area contributed by atoms with Gasteiger partial charge in [0.1, 0.15) is 0 Å². The molecule has 0 radical (unpaired) electrons. The van der Waals surface area contributed by atoms with Crippen LogP contribution in [0, 0.1) is 5.92 Å². The first-order chi connectivity index (χ1) is 5.38. The van der Waals surface area contributed by atoms with E-state index in [9.17, 15) is 0 Å². The molecule has 1 nitrogen and oxygen atoms in total. The summed E-state index contributed by atoms with van der Waals surface area (Å²) >= 11 is 0. The number of ether oxygens (including phenoxy) is 1. The molecule has 11 heavy (non-hydrogen) atoms. The van der Waals surface area contributed by atoms with Gasteiger partial charge < -0.3 is 4.74 Å². The van der Waals surface area contributed by atoms with E-state index in [0.717, 1.165) is 0 Å². The molecule has 0 aromatic rings. The van der Waals surface area contributed by atoms with Gasteiger partial charge in [-0.1, -0.05) is 18.6 Å². The fourth-order valence-corrected chi connectivity index (χ4v) is 1.62. The Morgan fingerprint density at radius 2 is 2.18 bits per heavy atom. The van der Waals surface area contributed by atoms with Crippen molar-refractivity contribution in [3.05, 3.63) is 25.3 Å². The number of hydrogen-bond donors (Lipinski definition) is 0. The average molecular weight is 152 g/mol. The average Bonchev–Trinajstić information content (AvgIpc) is 2.47. The minimum Gasteiger partial charge on any atom is -0.374 e. The first-order valence-electron chi connectivity index (χ1n) is 4.23. The lowest BCUT2D eigenvalue weighted by molar-refractivity contribution is 0.0596. The molecule has 0 aromatic carbocycles. The zero-order chi connectivity index (χ0) is 8.10. The van der Waals surface area contributed by atoms with Crippen LogP contribution in [0.3, 0.4) is 0 Å². The molecule has 0 N–H and O–H groups in total. The van der Waals surface area contributed by atoms with Gasteiger partial charge in [0.15, 0.2) is 0 Å². The molecule has 0 spiro atoms. The van der Waals surface area contributed by atoms with Crippen molar-refractivity contribution in [3.63, 3.8) is 0 Å². The third-order valence-electron chi connectivity index (χ3n) is 2.23. The minimum absolute atomic E-state index is 0.408. The van der Waals surface area contributed by atoms with Gasteiger partial charge in [-0.05, 0) is 12.8 Å². The summed E-state index contributed by atoms with van der Waals surface area (Å²) in [5, 5.41) is 0. The van der Waals surface area contributed by atoms with Crippen molar-refractivity contribution in [3.8, 4) is 0 Å². The quantitative estimate of drug-likeness (QED) is 0.562. The first-order valence-corrected chi connectivity index (χ1v) is 4.23. The van der Waals surface area contributed by atoms with Crippen molar-refractivity contribution in [2.75, 3.05) is 6.61 Å². The van der Waals surface area contributed by atoms with Gasteiger partial charge in [0.05, 0.1) is 12.7 Å². The van der Waals surface area contributed by atoms with Crippen molar-refractivity contribution in [1.82, 2.24) is 0 Å². The van der Waals surface area contributed by atoms with Crippen LogP contribution in [0.5, 0.6) is 0 Å². The Morgan fingerprint density at radius 1 is 1.36 bits per heavy atom. The molecular weight excluding hydrogens is 136 g/mol. The molecule has 0 aliphatic heterocycles. The zero-order valence-corrected chi connectivity index (χ0v) is 6.96. The highest BCUT2D eigenvalue weighted by atomic mass is 16.5. The fraction of sp³-hybridized carbons (Fsp3) is 0.600. The Bertz CT molecular complexity index is 140. The molecule has 1 fully saturated rings. The lowest BCUT2D eigenvalue weighted by Crippen LogP contribution is -2.16. The van der Waals surface area contributed by atoms with Crippen LogP contribution in [-0.2, 0) is 4.74 Å². The largest absolute Gasteiger partial charge is 0.374 e. The minimum atomic E-state index is 0.408. The van der Waals surface area contributed by atoms with Gasteiger partial charge in [0.25, 0.3) is 0 Å². The molecule has 1 aliphatic carbocycles. The third kappa shape index (κ3) is 2.19. The van der Waals surface area contributed by atoms with Crippen LogP contribution in [0.25, 0.3) is 0 Å². The van der Waals surface area contributed by atoms with Crippen LogP contribution < -0.4 is 0 Å². The molecule has 0 aromatic heterocycles. The molecule has 0 heterocycles. The standard InChI is InChI=1S/C10H16O/c1-3-8-11-10-7-5-6-9(10)4-2/h3-4,9-10H,1-2,5-8H2/t9-,10-/m0/s1. The SMILES string of the molecule is C=CCO[C@H]1CCC[C@@H]1C=C. The normalized spacial score (nSPS) is 30.2. The summed E-state index contributed by atoms with van der Waals surface area (Å²) in [5.41, 5.74) is 0. The molecule has 62 valence electrons. The molecule has 0 unspecified atom stereocenters. The lowest BCUT2D eigenvalue weighted by Gasteiger charge is -2.15. The number of hydrogen-bond acceptors (Lipinski definition) is 1. The Hall–Kier alpha value is -0.560. The third-order valence-corrected chi connectivity index (χ3v) is 2.23. The van der Waals surface area contributed by atoms with E-state index < -0.39 is 0 Å². The van der Waals surface area contributed by atoms with Crippen LogP contribution in [0.15, 0.2) is 25.3 Å². The van der Waals surface area contributed by atoms with Gasteiger partial charge in [-0.2, -0.15) is 0 Å². The fourth-order valence-electron chi connectivity index (χ4n) is 1.62. The van der Waals surface area contributed by atoms with E-state index in [4.69, 9.17) is 4.74 Å².